The predicted octanol–water partition coefficient (Wildman–Crippen LogP) is 2.59. The van der Waals surface area contributed by atoms with E-state index in [1.807, 2.05) is 0 Å². The molecule has 1 fully saturated rings. The van der Waals surface area contributed by atoms with Crippen molar-refractivity contribution in [3.63, 3.8) is 0 Å². The first-order valence-electron chi connectivity index (χ1n) is 7.34. The third-order valence-electron chi connectivity index (χ3n) is 4.72. The van der Waals surface area contributed by atoms with Gasteiger partial charge in [-0.25, -0.2) is 4.98 Å². The number of likely N-dealkylation sites (N-methyl/N-ethyl adjacent to an activating group) is 1. The van der Waals surface area contributed by atoms with Crippen molar-refractivity contribution >= 4 is 16.3 Å². The first-order chi connectivity index (χ1) is 9.52. The number of hydrogen-bond acceptors (Lipinski definition) is 4. The second-order valence-electron chi connectivity index (χ2n) is 6.21. The van der Waals surface area contributed by atoms with E-state index in [2.05, 4.69) is 53.7 Å². The van der Waals surface area contributed by atoms with Gasteiger partial charge in [0.05, 0.1) is 11.4 Å². The predicted molar refractivity (Wildman–Crippen MR) is 84.5 cm³/mol. The molecule has 1 aliphatic rings. The second kappa shape index (κ2) is 5.13. The fourth-order valence-corrected chi connectivity index (χ4v) is 3.99. The Labute approximate surface area is 124 Å². The highest BCUT2D eigenvalue weighted by molar-refractivity contribution is 7.17. The zero-order chi connectivity index (χ0) is 14.3. The molecule has 110 valence electrons. The van der Waals surface area contributed by atoms with Crippen LogP contribution < -0.4 is 5.32 Å². The van der Waals surface area contributed by atoms with Gasteiger partial charge in [0.2, 0.25) is 0 Å². The summed E-state index contributed by atoms with van der Waals surface area (Å²) < 4.78 is 2.24. The first kappa shape index (κ1) is 14.0. The maximum Gasteiger partial charge on any atom is 0.194 e. The largest absolute Gasteiger partial charge is 0.309 e. The SMILES string of the molecule is Cc1cn2c(CNCC3(N(C)C)CCC3)c(C)nc2s1. The van der Waals surface area contributed by atoms with Gasteiger partial charge >= 0.3 is 0 Å². The lowest BCUT2D eigenvalue weighted by Crippen LogP contribution is -2.56. The Morgan fingerprint density at radius 3 is 2.75 bits per heavy atom. The standard InChI is InChI=1S/C15H24N4S/c1-11-9-19-13(12(2)17-14(19)20-11)8-16-10-15(18(3)4)6-5-7-15/h9,16H,5-8,10H2,1-4H3. The Morgan fingerprint density at radius 1 is 1.40 bits per heavy atom. The van der Waals surface area contributed by atoms with E-state index in [4.69, 9.17) is 0 Å². The minimum absolute atomic E-state index is 0.377. The minimum Gasteiger partial charge on any atom is -0.309 e. The summed E-state index contributed by atoms with van der Waals surface area (Å²) in [5.41, 5.74) is 2.83. The molecule has 3 rings (SSSR count). The zero-order valence-corrected chi connectivity index (χ0v) is 13.7. The van der Waals surface area contributed by atoms with Crippen LogP contribution >= 0.6 is 11.3 Å². The topological polar surface area (TPSA) is 32.6 Å². The van der Waals surface area contributed by atoms with Crippen LogP contribution in [0.5, 0.6) is 0 Å². The third-order valence-corrected chi connectivity index (χ3v) is 5.62. The van der Waals surface area contributed by atoms with Gasteiger partial charge in [0.25, 0.3) is 0 Å². The van der Waals surface area contributed by atoms with Gasteiger partial charge in [0.15, 0.2) is 4.96 Å². The van der Waals surface area contributed by atoms with Crippen LogP contribution in [-0.4, -0.2) is 40.5 Å². The number of aryl methyl sites for hydroxylation is 2. The van der Waals surface area contributed by atoms with E-state index in [0.29, 0.717) is 5.54 Å². The summed E-state index contributed by atoms with van der Waals surface area (Å²) in [6.45, 7) is 6.22. The molecule has 2 aromatic rings. The molecule has 0 atom stereocenters. The van der Waals surface area contributed by atoms with E-state index >= 15 is 0 Å². The molecule has 0 aliphatic heterocycles. The van der Waals surface area contributed by atoms with Crippen LogP contribution in [0.3, 0.4) is 0 Å². The summed E-state index contributed by atoms with van der Waals surface area (Å²) in [6, 6.07) is 0. The van der Waals surface area contributed by atoms with Crippen molar-refractivity contribution in [2.45, 2.75) is 45.2 Å². The highest BCUT2D eigenvalue weighted by Crippen LogP contribution is 2.35. The third kappa shape index (κ3) is 2.28. The average Bonchev–Trinajstić information content (AvgIpc) is 2.78. The van der Waals surface area contributed by atoms with E-state index in [1.165, 1.54) is 29.8 Å². The minimum atomic E-state index is 0.377. The quantitative estimate of drug-likeness (QED) is 0.919. The van der Waals surface area contributed by atoms with E-state index in [9.17, 15) is 0 Å². The maximum absolute atomic E-state index is 4.65. The summed E-state index contributed by atoms with van der Waals surface area (Å²) in [4.78, 5) is 9.47. The molecule has 0 bridgehead atoms. The van der Waals surface area contributed by atoms with Crippen molar-refractivity contribution in [3.05, 3.63) is 22.5 Å². The normalized spacial score (nSPS) is 17.9. The monoisotopic (exact) mass is 292 g/mol. The molecule has 1 saturated carbocycles. The van der Waals surface area contributed by atoms with Gasteiger partial charge in [0.1, 0.15) is 0 Å². The smallest absolute Gasteiger partial charge is 0.194 e. The molecular formula is C15H24N4S. The summed E-state index contributed by atoms with van der Waals surface area (Å²) in [5.74, 6) is 0. The van der Waals surface area contributed by atoms with Gasteiger partial charge in [-0.15, -0.1) is 11.3 Å². The molecule has 2 heterocycles. The van der Waals surface area contributed by atoms with E-state index in [0.717, 1.165) is 23.7 Å². The highest BCUT2D eigenvalue weighted by atomic mass is 32.1. The van der Waals surface area contributed by atoms with Gasteiger partial charge in [-0.1, -0.05) is 0 Å². The number of nitrogens with zero attached hydrogens (tertiary/aromatic N) is 3. The van der Waals surface area contributed by atoms with Crippen LogP contribution in [0.15, 0.2) is 6.20 Å². The number of hydrogen-bond donors (Lipinski definition) is 1. The molecule has 0 radical (unpaired) electrons. The molecule has 0 unspecified atom stereocenters. The molecule has 1 aliphatic carbocycles. The van der Waals surface area contributed by atoms with Gasteiger partial charge in [-0.3, -0.25) is 4.40 Å². The number of imidazole rings is 1. The Balaban J connectivity index is 1.69. The molecule has 0 aromatic carbocycles. The number of rotatable bonds is 5. The van der Waals surface area contributed by atoms with Crippen LogP contribution in [0.25, 0.3) is 4.96 Å². The van der Waals surface area contributed by atoms with Crippen molar-refractivity contribution in [3.8, 4) is 0 Å². The molecule has 5 heteroatoms. The molecular weight excluding hydrogens is 268 g/mol. The van der Waals surface area contributed by atoms with Crippen LogP contribution in [0.4, 0.5) is 0 Å². The molecule has 2 aromatic heterocycles. The van der Waals surface area contributed by atoms with Crippen LogP contribution in [0.2, 0.25) is 0 Å². The Bertz CT molecular complexity index is 607. The zero-order valence-electron chi connectivity index (χ0n) is 12.9. The summed E-state index contributed by atoms with van der Waals surface area (Å²) >= 11 is 1.76. The number of thiazole rings is 1. The first-order valence-corrected chi connectivity index (χ1v) is 8.16. The molecule has 1 N–H and O–H groups in total. The van der Waals surface area contributed by atoms with Crippen molar-refractivity contribution in [1.29, 1.82) is 0 Å². The van der Waals surface area contributed by atoms with Crippen molar-refractivity contribution < 1.29 is 0 Å². The van der Waals surface area contributed by atoms with Crippen molar-refractivity contribution in [1.82, 2.24) is 19.6 Å². The lowest BCUT2D eigenvalue weighted by molar-refractivity contribution is 0.0597. The lowest BCUT2D eigenvalue weighted by atomic mass is 9.75. The van der Waals surface area contributed by atoms with E-state index in [1.54, 1.807) is 11.3 Å². The van der Waals surface area contributed by atoms with Crippen LogP contribution in [-0.2, 0) is 6.54 Å². The van der Waals surface area contributed by atoms with Gasteiger partial charge in [-0.2, -0.15) is 0 Å². The molecule has 0 spiro atoms. The van der Waals surface area contributed by atoms with Gasteiger partial charge in [-0.05, 0) is 47.2 Å². The fraction of sp³-hybridized carbons (Fsp3) is 0.667. The second-order valence-corrected chi connectivity index (χ2v) is 7.43. The molecule has 4 nitrogen and oxygen atoms in total. The van der Waals surface area contributed by atoms with Crippen LogP contribution in [0, 0.1) is 13.8 Å². The van der Waals surface area contributed by atoms with Gasteiger partial charge in [0, 0.05) is 29.7 Å². The lowest BCUT2D eigenvalue weighted by Gasteiger charge is -2.47. The Hall–Kier alpha value is -0.910. The Kier molecular flexibility index (Phi) is 3.60. The molecule has 20 heavy (non-hydrogen) atoms. The van der Waals surface area contributed by atoms with E-state index in [-0.39, 0.29) is 0 Å². The van der Waals surface area contributed by atoms with E-state index < -0.39 is 0 Å². The summed E-state index contributed by atoms with van der Waals surface area (Å²) in [5, 5.41) is 3.66. The average molecular weight is 292 g/mol. The van der Waals surface area contributed by atoms with Gasteiger partial charge < -0.3 is 10.2 Å². The highest BCUT2D eigenvalue weighted by Gasteiger charge is 2.38. The summed E-state index contributed by atoms with van der Waals surface area (Å²) in [7, 11) is 4.40. The maximum atomic E-state index is 4.65. The van der Waals surface area contributed by atoms with Crippen LogP contribution in [0.1, 0.15) is 35.5 Å². The number of nitrogens with one attached hydrogen (secondary N) is 1. The Morgan fingerprint density at radius 2 is 2.15 bits per heavy atom. The molecule has 0 saturated heterocycles. The van der Waals surface area contributed by atoms with Crippen molar-refractivity contribution in [2.24, 2.45) is 0 Å². The van der Waals surface area contributed by atoms with Crippen molar-refractivity contribution in [2.75, 3.05) is 20.6 Å². The number of fused-ring (bicyclic) bond motifs is 1. The summed E-state index contributed by atoms with van der Waals surface area (Å²) in [6.07, 6.45) is 6.18. The number of aromatic nitrogens is 2. The molecule has 0 amide bonds. The fourth-order valence-electron chi connectivity index (χ4n) is 3.10.